The van der Waals surface area contributed by atoms with Crippen LogP contribution in [0.1, 0.15) is 27.7 Å². The van der Waals surface area contributed by atoms with E-state index < -0.39 is 24.7 Å². The van der Waals surface area contributed by atoms with Crippen LogP contribution in [0, 0.1) is 5.92 Å². The molecule has 8 heteroatoms. The molecule has 0 fully saturated rings. The second-order valence-electron chi connectivity index (χ2n) is 5.84. The highest BCUT2D eigenvalue weighted by atomic mass is 19.4. The number of alkyl halides is 3. The van der Waals surface area contributed by atoms with Gasteiger partial charge in [0.2, 0.25) is 0 Å². The molecule has 25 heavy (non-hydrogen) atoms. The highest BCUT2D eigenvalue weighted by Crippen LogP contribution is 2.27. The van der Waals surface area contributed by atoms with E-state index in [4.69, 9.17) is 14.3 Å². The smallest absolute Gasteiger partial charge is 0.405 e. The Morgan fingerprint density at radius 2 is 1.60 bits per heavy atom. The average molecular weight is 361 g/mol. The van der Waals surface area contributed by atoms with Gasteiger partial charge in [-0.05, 0) is 31.9 Å². The van der Waals surface area contributed by atoms with Crippen LogP contribution in [0.4, 0.5) is 18.9 Å². The zero-order valence-electron chi connectivity index (χ0n) is 14.5. The molecule has 0 aliphatic heterocycles. The number of esters is 1. The first-order valence-electron chi connectivity index (χ1n) is 7.61. The third-order valence-corrected chi connectivity index (χ3v) is 3.00. The molecule has 5 nitrogen and oxygen atoms in total. The third kappa shape index (κ3) is 8.91. The zero-order chi connectivity index (χ0) is 19.6. The van der Waals surface area contributed by atoms with Crippen molar-refractivity contribution in [2.75, 3.05) is 11.4 Å². The maximum Gasteiger partial charge on any atom is 0.405 e. The molecule has 0 heterocycles. The molecule has 1 rings (SSSR count). The van der Waals surface area contributed by atoms with E-state index in [0.717, 1.165) is 4.90 Å². The molecule has 0 aromatic heterocycles. The van der Waals surface area contributed by atoms with Crippen molar-refractivity contribution in [1.82, 2.24) is 0 Å². The molecule has 1 aromatic carbocycles. The summed E-state index contributed by atoms with van der Waals surface area (Å²) in [6.07, 6.45) is -4.54. The number of carbonyl (C=O) groups excluding carboxylic acids is 3. The van der Waals surface area contributed by atoms with E-state index in [1.165, 1.54) is 0 Å². The number of anilines is 1. The van der Waals surface area contributed by atoms with E-state index in [1.807, 2.05) is 0 Å². The highest BCUT2D eigenvalue weighted by Gasteiger charge is 2.39. The van der Waals surface area contributed by atoms with Crippen LogP contribution in [-0.2, 0) is 19.1 Å². The molecular formula is C17H22F3NO4. The van der Waals surface area contributed by atoms with Gasteiger partial charge in [-0.15, -0.1) is 0 Å². The van der Waals surface area contributed by atoms with Crippen molar-refractivity contribution in [3.05, 3.63) is 30.3 Å². The Bertz CT molecular complexity index is 553. The maximum atomic E-state index is 12.9. The lowest BCUT2D eigenvalue weighted by Crippen LogP contribution is -2.50. The van der Waals surface area contributed by atoms with Crippen LogP contribution >= 0.6 is 0 Å². The van der Waals surface area contributed by atoms with Crippen LogP contribution < -0.4 is 4.90 Å². The Morgan fingerprint density at radius 3 is 1.96 bits per heavy atom. The van der Waals surface area contributed by atoms with E-state index in [9.17, 15) is 18.0 Å². The number of halogens is 3. The summed E-state index contributed by atoms with van der Waals surface area (Å²) in [4.78, 5) is 29.6. The summed E-state index contributed by atoms with van der Waals surface area (Å²) in [7, 11) is 0. The minimum Gasteiger partial charge on any atom is -0.461 e. The van der Waals surface area contributed by atoms with Gasteiger partial charge in [-0.2, -0.15) is 22.8 Å². The second kappa shape index (κ2) is 10.5. The number of hydrogen-bond acceptors (Lipinski definition) is 5. The normalized spacial score (nSPS) is 12.0. The first-order chi connectivity index (χ1) is 11.5. The number of ether oxygens (including phenoxy) is 1. The van der Waals surface area contributed by atoms with Gasteiger partial charge in [0.1, 0.15) is 12.6 Å². The Morgan fingerprint density at radius 1 is 1.12 bits per heavy atom. The molecule has 0 spiro atoms. The quantitative estimate of drug-likeness (QED) is 0.726. The number of para-hydroxylation sites is 1. The van der Waals surface area contributed by atoms with Gasteiger partial charge in [-0.25, -0.2) is 4.79 Å². The number of hydrogen-bond donors (Lipinski definition) is 0. The Kier molecular flexibility index (Phi) is 9.53. The fourth-order valence-corrected chi connectivity index (χ4v) is 2.22. The highest BCUT2D eigenvalue weighted by molar-refractivity contribution is 5.80. The van der Waals surface area contributed by atoms with E-state index in [1.54, 1.807) is 58.0 Å². The molecule has 0 amide bonds. The largest absolute Gasteiger partial charge is 0.461 e. The van der Waals surface area contributed by atoms with E-state index in [2.05, 4.69) is 0 Å². The van der Waals surface area contributed by atoms with Gasteiger partial charge in [0.15, 0.2) is 0 Å². The van der Waals surface area contributed by atoms with Crippen molar-refractivity contribution in [2.45, 2.75) is 46.0 Å². The van der Waals surface area contributed by atoms with Crippen molar-refractivity contribution in [3.63, 3.8) is 0 Å². The minimum atomic E-state index is -4.42. The van der Waals surface area contributed by atoms with Crippen LogP contribution in [0.2, 0.25) is 0 Å². The predicted octanol–water partition coefficient (Wildman–Crippen LogP) is 3.45. The van der Waals surface area contributed by atoms with Crippen LogP contribution in [0.5, 0.6) is 0 Å². The molecule has 1 atom stereocenters. The lowest BCUT2D eigenvalue weighted by atomic mass is 10.0. The van der Waals surface area contributed by atoms with E-state index in [-0.39, 0.29) is 18.2 Å². The van der Waals surface area contributed by atoms with Crippen LogP contribution in [0.25, 0.3) is 0 Å². The molecule has 0 radical (unpaired) electrons. The summed E-state index contributed by atoms with van der Waals surface area (Å²) in [5.74, 6) is -0.966. The first kappa shape index (κ1) is 22.7. The first-order valence-corrected chi connectivity index (χ1v) is 7.61. The molecule has 0 aliphatic carbocycles. The molecular weight excluding hydrogens is 339 g/mol. The van der Waals surface area contributed by atoms with Gasteiger partial charge in [0.25, 0.3) is 0 Å². The maximum absolute atomic E-state index is 12.9. The van der Waals surface area contributed by atoms with Gasteiger partial charge in [-0.1, -0.05) is 32.0 Å². The summed E-state index contributed by atoms with van der Waals surface area (Å²) in [6, 6.07) is 7.12. The van der Waals surface area contributed by atoms with Gasteiger partial charge in [0.05, 0.1) is 6.10 Å². The monoisotopic (exact) mass is 361 g/mol. The van der Waals surface area contributed by atoms with E-state index in [0.29, 0.717) is 5.69 Å². The van der Waals surface area contributed by atoms with Crippen molar-refractivity contribution < 1.29 is 32.3 Å². The summed E-state index contributed by atoms with van der Waals surface area (Å²) in [5.41, 5.74) is 0.347. The fourth-order valence-electron chi connectivity index (χ4n) is 2.22. The lowest BCUT2D eigenvalue weighted by Gasteiger charge is -2.35. The van der Waals surface area contributed by atoms with Crippen molar-refractivity contribution in [1.29, 1.82) is 0 Å². The molecule has 140 valence electrons. The molecule has 0 saturated carbocycles. The number of rotatable bonds is 6. The predicted molar refractivity (Wildman–Crippen MR) is 84.7 cm³/mol. The zero-order valence-corrected chi connectivity index (χ0v) is 14.5. The molecule has 0 bridgehead atoms. The van der Waals surface area contributed by atoms with Crippen LogP contribution in [0.3, 0.4) is 0 Å². The van der Waals surface area contributed by atoms with Crippen LogP contribution in [0.15, 0.2) is 30.3 Å². The van der Waals surface area contributed by atoms with Gasteiger partial charge >= 0.3 is 18.3 Å². The molecule has 1 unspecified atom stereocenters. The van der Waals surface area contributed by atoms with Crippen LogP contribution in [-0.4, -0.2) is 37.0 Å². The summed E-state index contributed by atoms with van der Waals surface area (Å²) >= 11 is 0. The minimum absolute atomic E-state index is 0.250. The average Bonchev–Trinajstić information content (AvgIpc) is 2.45. The number of carbonyl (C=O) groups is 1. The molecule has 0 aliphatic rings. The summed E-state index contributed by atoms with van der Waals surface area (Å²) in [6.45, 7) is 5.56. The van der Waals surface area contributed by atoms with Crippen molar-refractivity contribution in [3.8, 4) is 0 Å². The molecule has 0 saturated heterocycles. The molecule has 1 aromatic rings. The van der Waals surface area contributed by atoms with Gasteiger partial charge in [-0.3, -0.25) is 0 Å². The standard InChI is InChI=1S/C16H22F3NO2.CO2/c1-11(2)14(15(21)22-12(3)4)20(10-16(17,18)19)13-8-6-5-7-9-13;2-1-3/h5-9,11-12,14H,10H2,1-4H3;. The molecule has 0 N–H and O–H groups in total. The van der Waals surface area contributed by atoms with Gasteiger partial charge < -0.3 is 9.64 Å². The lowest BCUT2D eigenvalue weighted by molar-refractivity contribution is -0.191. The Hall–Kier alpha value is -2.34. The van der Waals surface area contributed by atoms with E-state index >= 15 is 0 Å². The van der Waals surface area contributed by atoms with Crippen molar-refractivity contribution >= 4 is 17.8 Å². The SMILES string of the molecule is CC(C)OC(=O)C(C(C)C)N(CC(F)(F)F)c1ccccc1.O=C=O. The Balaban J connectivity index is 0.00000178. The fraction of sp³-hybridized carbons (Fsp3) is 0.529. The summed E-state index contributed by atoms with van der Waals surface area (Å²) in [5, 5.41) is 0. The van der Waals surface area contributed by atoms with Gasteiger partial charge in [0, 0.05) is 5.69 Å². The Labute approximate surface area is 144 Å². The topological polar surface area (TPSA) is 63.7 Å². The number of benzene rings is 1. The van der Waals surface area contributed by atoms with Crippen molar-refractivity contribution in [2.24, 2.45) is 5.92 Å². The second-order valence-corrected chi connectivity index (χ2v) is 5.84. The summed E-state index contributed by atoms with van der Waals surface area (Å²) < 4.78 is 44.0. The number of nitrogens with zero attached hydrogens (tertiary/aromatic N) is 1. The third-order valence-electron chi connectivity index (χ3n) is 3.00.